The molecule has 1 amide bonds. The van der Waals surface area contributed by atoms with E-state index in [1.54, 1.807) is 4.90 Å². The first kappa shape index (κ1) is 12.4. The van der Waals surface area contributed by atoms with Crippen molar-refractivity contribution in [2.45, 2.75) is 38.1 Å². The largest absolute Gasteiger partial charge is 0.480 e. The number of amides is 1. The summed E-state index contributed by atoms with van der Waals surface area (Å²) >= 11 is 0. The first-order valence-electron chi connectivity index (χ1n) is 6.26. The molecule has 1 saturated carbocycles. The van der Waals surface area contributed by atoms with Gasteiger partial charge in [0.25, 0.3) is 0 Å². The molecule has 0 aromatic carbocycles. The van der Waals surface area contributed by atoms with Crippen LogP contribution in [0.2, 0.25) is 0 Å². The highest BCUT2D eigenvalue weighted by atomic mass is 16.5. The third-order valence-corrected chi connectivity index (χ3v) is 3.63. The van der Waals surface area contributed by atoms with Crippen molar-refractivity contribution in [1.29, 1.82) is 0 Å². The molecule has 1 aliphatic heterocycles. The molecule has 5 nitrogen and oxygen atoms in total. The molecule has 1 atom stereocenters. The molecular formula is C12H19NO4. The summed E-state index contributed by atoms with van der Waals surface area (Å²) < 4.78 is 5.23. The first-order chi connectivity index (χ1) is 8.16. The summed E-state index contributed by atoms with van der Waals surface area (Å²) in [5.41, 5.74) is 0. The van der Waals surface area contributed by atoms with Gasteiger partial charge in [-0.2, -0.15) is 0 Å². The Labute approximate surface area is 101 Å². The van der Waals surface area contributed by atoms with Gasteiger partial charge in [0.15, 0.2) is 0 Å². The first-order valence-corrected chi connectivity index (χ1v) is 6.26. The molecule has 0 bridgehead atoms. The zero-order valence-electron chi connectivity index (χ0n) is 9.93. The van der Waals surface area contributed by atoms with E-state index < -0.39 is 5.97 Å². The highest BCUT2D eigenvalue weighted by Crippen LogP contribution is 2.26. The topological polar surface area (TPSA) is 66.8 Å². The minimum absolute atomic E-state index is 0.0207. The molecule has 1 heterocycles. The van der Waals surface area contributed by atoms with Gasteiger partial charge in [-0.3, -0.25) is 9.59 Å². The second-order valence-electron chi connectivity index (χ2n) is 4.93. The Bertz CT molecular complexity index is 295. The number of ether oxygens (including phenoxy) is 1. The quantitative estimate of drug-likeness (QED) is 0.776. The third-order valence-electron chi connectivity index (χ3n) is 3.63. The van der Waals surface area contributed by atoms with E-state index in [0.717, 1.165) is 32.3 Å². The Balaban J connectivity index is 1.88. The Morgan fingerprint density at radius 3 is 2.53 bits per heavy atom. The van der Waals surface area contributed by atoms with Crippen LogP contribution in [0.3, 0.4) is 0 Å². The number of hydrogen-bond donors (Lipinski definition) is 1. The van der Waals surface area contributed by atoms with E-state index in [0.29, 0.717) is 13.0 Å². The molecule has 0 spiro atoms. The van der Waals surface area contributed by atoms with Crippen molar-refractivity contribution in [3.8, 4) is 0 Å². The second kappa shape index (κ2) is 5.49. The summed E-state index contributed by atoms with van der Waals surface area (Å²) in [7, 11) is 0. The normalized spacial score (nSPS) is 24.4. The van der Waals surface area contributed by atoms with Crippen LogP contribution in [0.1, 0.15) is 32.1 Å². The maximum atomic E-state index is 12.1. The predicted molar refractivity (Wildman–Crippen MR) is 60.5 cm³/mol. The van der Waals surface area contributed by atoms with Crippen LogP contribution in [0, 0.1) is 5.92 Å². The number of carboxylic acid groups (broad SMARTS) is 1. The molecule has 2 fully saturated rings. The molecule has 0 aromatic rings. The van der Waals surface area contributed by atoms with Crippen molar-refractivity contribution in [3.63, 3.8) is 0 Å². The molecule has 5 heteroatoms. The highest BCUT2D eigenvalue weighted by molar-refractivity contribution is 5.82. The lowest BCUT2D eigenvalue weighted by Gasteiger charge is -2.37. The number of hydrogen-bond acceptors (Lipinski definition) is 3. The molecular weight excluding hydrogens is 222 g/mol. The molecule has 1 N–H and O–H groups in total. The van der Waals surface area contributed by atoms with Crippen LogP contribution in [0.5, 0.6) is 0 Å². The summed E-state index contributed by atoms with van der Waals surface area (Å²) in [6.45, 7) is 1.20. The fraction of sp³-hybridized carbons (Fsp3) is 0.833. The van der Waals surface area contributed by atoms with E-state index in [1.807, 2.05) is 0 Å². The van der Waals surface area contributed by atoms with E-state index in [9.17, 15) is 9.59 Å². The summed E-state index contributed by atoms with van der Waals surface area (Å²) in [6.07, 6.45) is 4.34. The molecule has 1 saturated heterocycles. The van der Waals surface area contributed by atoms with Crippen LogP contribution >= 0.6 is 0 Å². The van der Waals surface area contributed by atoms with E-state index in [2.05, 4.69) is 0 Å². The van der Waals surface area contributed by atoms with Gasteiger partial charge in [0.2, 0.25) is 5.91 Å². The summed E-state index contributed by atoms with van der Waals surface area (Å²) in [5, 5.41) is 8.84. The van der Waals surface area contributed by atoms with Crippen LogP contribution in [0.15, 0.2) is 0 Å². The lowest BCUT2D eigenvalue weighted by atomic mass is 9.90. The van der Waals surface area contributed by atoms with Crippen molar-refractivity contribution < 1.29 is 19.4 Å². The van der Waals surface area contributed by atoms with Gasteiger partial charge < -0.3 is 14.7 Å². The average molecular weight is 241 g/mol. The van der Waals surface area contributed by atoms with Gasteiger partial charge in [-0.15, -0.1) is 0 Å². The maximum absolute atomic E-state index is 12.1. The molecule has 0 aromatic heterocycles. The minimum atomic E-state index is -0.923. The van der Waals surface area contributed by atoms with Crippen LogP contribution < -0.4 is 0 Å². The third kappa shape index (κ3) is 3.19. The van der Waals surface area contributed by atoms with E-state index in [-0.39, 0.29) is 24.4 Å². The molecule has 17 heavy (non-hydrogen) atoms. The van der Waals surface area contributed by atoms with Crippen LogP contribution in [0.25, 0.3) is 0 Å². The predicted octanol–water partition coefficient (Wildman–Crippen LogP) is 0.879. The molecule has 1 unspecified atom stereocenters. The van der Waals surface area contributed by atoms with Crippen molar-refractivity contribution >= 4 is 11.9 Å². The van der Waals surface area contributed by atoms with Crippen LogP contribution in [0.4, 0.5) is 0 Å². The fourth-order valence-corrected chi connectivity index (χ4v) is 2.37. The van der Waals surface area contributed by atoms with Gasteiger partial charge in [0, 0.05) is 25.7 Å². The van der Waals surface area contributed by atoms with Gasteiger partial charge in [0.05, 0.1) is 0 Å². The smallest absolute Gasteiger partial charge is 0.323 e. The Morgan fingerprint density at radius 2 is 2.06 bits per heavy atom. The van der Waals surface area contributed by atoms with Gasteiger partial charge in [0.1, 0.15) is 6.54 Å². The Morgan fingerprint density at radius 1 is 1.29 bits per heavy atom. The standard InChI is InChI=1S/C12H19NO4/c14-11(6-9-4-5-17-8-9)13(7-12(15)16)10-2-1-3-10/h9-10H,1-8H2,(H,15,16). The van der Waals surface area contributed by atoms with Crippen LogP contribution in [-0.2, 0) is 14.3 Å². The van der Waals surface area contributed by atoms with Crippen molar-refractivity contribution in [3.05, 3.63) is 0 Å². The fourth-order valence-electron chi connectivity index (χ4n) is 2.37. The highest BCUT2D eigenvalue weighted by Gasteiger charge is 2.31. The maximum Gasteiger partial charge on any atom is 0.323 e. The summed E-state index contributed by atoms with van der Waals surface area (Å²) in [6, 6.07) is 0.154. The van der Waals surface area contributed by atoms with Crippen molar-refractivity contribution in [2.24, 2.45) is 5.92 Å². The van der Waals surface area contributed by atoms with Gasteiger partial charge >= 0.3 is 5.97 Å². The van der Waals surface area contributed by atoms with Crippen molar-refractivity contribution in [1.82, 2.24) is 4.90 Å². The molecule has 2 rings (SSSR count). The minimum Gasteiger partial charge on any atom is -0.480 e. The molecule has 2 aliphatic rings. The van der Waals surface area contributed by atoms with Gasteiger partial charge in [-0.05, 0) is 31.6 Å². The number of carbonyl (C=O) groups excluding carboxylic acids is 1. The monoisotopic (exact) mass is 241 g/mol. The molecule has 1 aliphatic carbocycles. The number of aliphatic carboxylic acids is 1. The SMILES string of the molecule is O=C(O)CN(C(=O)CC1CCOC1)C1CCC1. The van der Waals surface area contributed by atoms with Crippen molar-refractivity contribution in [2.75, 3.05) is 19.8 Å². The Hall–Kier alpha value is -1.10. The van der Waals surface area contributed by atoms with E-state index >= 15 is 0 Å². The number of rotatable bonds is 5. The van der Waals surface area contributed by atoms with Crippen LogP contribution in [-0.4, -0.2) is 47.7 Å². The second-order valence-corrected chi connectivity index (χ2v) is 4.93. The van der Waals surface area contributed by atoms with E-state index in [1.165, 1.54) is 0 Å². The number of carbonyl (C=O) groups is 2. The van der Waals surface area contributed by atoms with Gasteiger partial charge in [-0.1, -0.05) is 0 Å². The molecule has 96 valence electrons. The zero-order valence-corrected chi connectivity index (χ0v) is 9.93. The Kier molecular flexibility index (Phi) is 3.99. The molecule has 0 radical (unpaired) electrons. The number of nitrogens with zero attached hydrogens (tertiary/aromatic N) is 1. The summed E-state index contributed by atoms with van der Waals surface area (Å²) in [5.74, 6) is -0.667. The zero-order chi connectivity index (χ0) is 12.3. The van der Waals surface area contributed by atoms with E-state index in [4.69, 9.17) is 9.84 Å². The van der Waals surface area contributed by atoms with Gasteiger partial charge in [-0.25, -0.2) is 0 Å². The number of carboxylic acids is 1. The lowest BCUT2D eigenvalue weighted by molar-refractivity contribution is -0.148. The lowest BCUT2D eigenvalue weighted by Crippen LogP contribution is -2.47. The average Bonchev–Trinajstić information content (AvgIpc) is 2.65. The summed E-state index contributed by atoms with van der Waals surface area (Å²) in [4.78, 5) is 24.4.